The molecule has 5 nitrogen and oxygen atoms in total. The third-order valence-electron chi connectivity index (χ3n) is 3.55. The van der Waals surface area contributed by atoms with Gasteiger partial charge in [0.25, 0.3) is 0 Å². The number of Topliss-reactive ketones (excluding diaryl/α,β-unsaturated/α-hetero) is 1. The summed E-state index contributed by atoms with van der Waals surface area (Å²) in [5.74, 6) is 0.0737. The van der Waals surface area contributed by atoms with E-state index in [1.54, 1.807) is 10.6 Å². The normalized spacial score (nSPS) is 19.1. The van der Waals surface area contributed by atoms with Gasteiger partial charge in [-0.2, -0.15) is 0 Å². The van der Waals surface area contributed by atoms with E-state index in [9.17, 15) is 9.59 Å². The number of imidazole rings is 1. The number of nitrogens with one attached hydrogen (secondary N) is 2. The maximum atomic E-state index is 12.6. The minimum Gasteiger partial charge on any atom is -0.306 e. The lowest BCUT2D eigenvalue weighted by Gasteiger charge is -2.18. The summed E-state index contributed by atoms with van der Waals surface area (Å²) in [4.78, 5) is 27.3. The van der Waals surface area contributed by atoms with Gasteiger partial charge in [-0.05, 0) is 18.6 Å². The Hall–Kier alpha value is -1.88. The lowest BCUT2D eigenvalue weighted by atomic mass is 10.0. The lowest BCUT2D eigenvalue weighted by Crippen LogP contribution is -2.41. The van der Waals surface area contributed by atoms with Gasteiger partial charge >= 0.3 is 5.69 Å². The van der Waals surface area contributed by atoms with Crippen LogP contribution in [0.2, 0.25) is 0 Å². The van der Waals surface area contributed by atoms with Gasteiger partial charge in [0.15, 0.2) is 5.78 Å². The Morgan fingerprint density at radius 2 is 2.16 bits per heavy atom. The Morgan fingerprint density at radius 1 is 1.37 bits per heavy atom. The van der Waals surface area contributed by atoms with Crippen molar-refractivity contribution in [3.05, 3.63) is 34.2 Å². The molecule has 0 amide bonds. The van der Waals surface area contributed by atoms with E-state index >= 15 is 0 Å². The first-order valence-electron chi connectivity index (χ1n) is 6.59. The number of aromatic nitrogens is 2. The van der Waals surface area contributed by atoms with E-state index in [0.29, 0.717) is 18.5 Å². The van der Waals surface area contributed by atoms with Crippen LogP contribution in [-0.2, 0) is 6.54 Å². The maximum absolute atomic E-state index is 12.6. The van der Waals surface area contributed by atoms with E-state index in [1.165, 1.54) is 0 Å². The Morgan fingerprint density at radius 3 is 2.89 bits per heavy atom. The molecule has 5 heteroatoms. The van der Waals surface area contributed by atoms with Crippen molar-refractivity contribution in [1.29, 1.82) is 0 Å². The van der Waals surface area contributed by atoms with Crippen LogP contribution in [0.25, 0.3) is 11.0 Å². The summed E-state index contributed by atoms with van der Waals surface area (Å²) in [6.45, 7) is 4.60. The number of para-hydroxylation sites is 1. The first-order chi connectivity index (χ1) is 9.08. The monoisotopic (exact) mass is 259 g/mol. The number of aromatic amines is 1. The highest BCUT2D eigenvalue weighted by molar-refractivity contribution is 6.09. The molecular weight excluding hydrogens is 242 g/mol. The largest absolute Gasteiger partial charge is 0.326 e. The third-order valence-corrected chi connectivity index (χ3v) is 3.55. The third kappa shape index (κ3) is 1.90. The molecule has 0 saturated carbocycles. The van der Waals surface area contributed by atoms with Gasteiger partial charge in [-0.25, -0.2) is 4.79 Å². The van der Waals surface area contributed by atoms with Gasteiger partial charge in [-0.15, -0.1) is 0 Å². The molecule has 2 heterocycles. The molecule has 0 fully saturated rings. The molecule has 1 atom stereocenters. The molecule has 0 saturated heterocycles. The van der Waals surface area contributed by atoms with E-state index in [-0.39, 0.29) is 23.6 Å². The maximum Gasteiger partial charge on any atom is 0.326 e. The average molecular weight is 259 g/mol. The van der Waals surface area contributed by atoms with Crippen molar-refractivity contribution in [3.63, 3.8) is 0 Å². The number of aryl methyl sites for hydroxylation is 1. The predicted molar refractivity (Wildman–Crippen MR) is 73.6 cm³/mol. The summed E-state index contributed by atoms with van der Waals surface area (Å²) in [5, 5.41) is 3.28. The molecule has 100 valence electrons. The van der Waals surface area contributed by atoms with Gasteiger partial charge in [-0.3, -0.25) is 9.36 Å². The number of rotatable bonds is 2. The first kappa shape index (κ1) is 12.2. The summed E-state index contributed by atoms with van der Waals surface area (Å²) in [6.07, 6.45) is 0.637. The lowest BCUT2D eigenvalue weighted by molar-refractivity contribution is 0.0935. The molecule has 2 N–H and O–H groups in total. The second-order valence-corrected chi connectivity index (χ2v) is 5.31. The number of carbonyl (C=O) groups excluding carboxylic acids is 1. The van der Waals surface area contributed by atoms with Crippen LogP contribution in [0.5, 0.6) is 0 Å². The number of nitrogens with zero attached hydrogens (tertiary/aromatic N) is 1. The van der Waals surface area contributed by atoms with Crippen LogP contribution in [-0.4, -0.2) is 27.4 Å². The van der Waals surface area contributed by atoms with Gasteiger partial charge < -0.3 is 10.3 Å². The number of H-pyrrole nitrogens is 1. The second kappa shape index (κ2) is 4.35. The van der Waals surface area contributed by atoms with Crippen molar-refractivity contribution >= 4 is 16.8 Å². The molecule has 1 aromatic carbocycles. The van der Waals surface area contributed by atoms with Gasteiger partial charge in [0.1, 0.15) is 0 Å². The van der Waals surface area contributed by atoms with Crippen molar-refractivity contribution in [2.24, 2.45) is 0 Å². The Kier molecular flexibility index (Phi) is 2.78. The average Bonchev–Trinajstić information content (AvgIpc) is 2.61. The minimum absolute atomic E-state index is 0.0737. The molecule has 2 aromatic rings. The van der Waals surface area contributed by atoms with Crippen LogP contribution < -0.4 is 11.0 Å². The quantitative estimate of drug-likeness (QED) is 0.853. The molecule has 1 aliphatic rings. The first-order valence-corrected chi connectivity index (χ1v) is 6.59. The van der Waals surface area contributed by atoms with E-state index in [2.05, 4.69) is 10.3 Å². The van der Waals surface area contributed by atoms with E-state index in [0.717, 1.165) is 11.0 Å². The molecule has 1 aromatic heterocycles. The van der Waals surface area contributed by atoms with Crippen molar-refractivity contribution in [2.75, 3.05) is 0 Å². The topological polar surface area (TPSA) is 66.9 Å². The Labute approximate surface area is 110 Å². The molecule has 0 unspecified atom stereocenters. The van der Waals surface area contributed by atoms with Crippen LogP contribution in [0.15, 0.2) is 23.0 Å². The van der Waals surface area contributed by atoms with E-state index in [4.69, 9.17) is 0 Å². The fourth-order valence-corrected chi connectivity index (χ4v) is 2.77. The summed E-state index contributed by atoms with van der Waals surface area (Å²) in [6, 6.07) is 5.47. The molecular formula is C14H17N3O2. The number of carbonyl (C=O) groups is 1. The van der Waals surface area contributed by atoms with Crippen LogP contribution in [0, 0.1) is 0 Å². The van der Waals surface area contributed by atoms with Gasteiger partial charge in [-0.1, -0.05) is 19.9 Å². The molecule has 0 spiro atoms. The van der Waals surface area contributed by atoms with Gasteiger partial charge in [0.2, 0.25) is 0 Å². The molecule has 0 bridgehead atoms. The number of hydrogen-bond donors (Lipinski definition) is 2. The van der Waals surface area contributed by atoms with Crippen molar-refractivity contribution in [2.45, 2.75) is 38.9 Å². The summed E-state index contributed by atoms with van der Waals surface area (Å²) < 4.78 is 1.67. The number of benzene rings is 1. The summed E-state index contributed by atoms with van der Waals surface area (Å²) >= 11 is 0. The Bertz CT molecular complexity index is 696. The van der Waals surface area contributed by atoms with Crippen molar-refractivity contribution < 1.29 is 4.79 Å². The van der Waals surface area contributed by atoms with Crippen LogP contribution in [0.4, 0.5) is 0 Å². The number of ketones is 1. The predicted octanol–water partition coefficient (Wildman–Crippen LogP) is 1.28. The molecule has 3 rings (SSSR count). The zero-order valence-electron chi connectivity index (χ0n) is 11.1. The zero-order valence-corrected chi connectivity index (χ0v) is 11.1. The molecule has 1 aliphatic heterocycles. The fraction of sp³-hybridized carbons (Fsp3) is 0.429. The van der Waals surface area contributed by atoms with Crippen LogP contribution in [0.1, 0.15) is 30.6 Å². The highest BCUT2D eigenvalue weighted by Crippen LogP contribution is 2.22. The molecule has 0 aliphatic carbocycles. The summed E-state index contributed by atoms with van der Waals surface area (Å²) in [7, 11) is 0. The fourth-order valence-electron chi connectivity index (χ4n) is 2.77. The van der Waals surface area contributed by atoms with Crippen molar-refractivity contribution in [1.82, 2.24) is 14.9 Å². The Balaban J connectivity index is 2.17. The standard InChI is InChI=1S/C14H17N3O2/c1-8(2)15-11-6-7-17-12-9(13(11)18)4-3-5-10(12)16-14(17)19/h3-5,8,11,15H,6-7H2,1-2H3,(H,16,19)/t11-/m1/s1. The minimum atomic E-state index is -0.218. The number of hydrogen-bond acceptors (Lipinski definition) is 3. The van der Waals surface area contributed by atoms with Crippen LogP contribution in [0.3, 0.4) is 0 Å². The highest BCUT2D eigenvalue weighted by atomic mass is 16.1. The van der Waals surface area contributed by atoms with Crippen LogP contribution >= 0.6 is 0 Å². The second-order valence-electron chi connectivity index (χ2n) is 5.31. The zero-order chi connectivity index (χ0) is 13.6. The highest BCUT2D eigenvalue weighted by Gasteiger charge is 2.27. The SMILES string of the molecule is CC(C)N[C@@H]1CCn2c(=O)[nH]c3cccc(c32)C1=O. The van der Waals surface area contributed by atoms with Gasteiger partial charge in [0, 0.05) is 18.2 Å². The van der Waals surface area contributed by atoms with Crippen molar-refractivity contribution in [3.8, 4) is 0 Å². The van der Waals surface area contributed by atoms with Gasteiger partial charge in [0.05, 0.1) is 17.1 Å². The summed E-state index contributed by atoms with van der Waals surface area (Å²) in [5.41, 5.74) is 1.97. The van der Waals surface area contributed by atoms with E-state index < -0.39 is 0 Å². The molecule has 0 radical (unpaired) electrons. The smallest absolute Gasteiger partial charge is 0.306 e. The molecule has 19 heavy (non-hydrogen) atoms. The van der Waals surface area contributed by atoms with E-state index in [1.807, 2.05) is 26.0 Å².